The number of carbonyl (C=O) groups excluding carboxylic acids is 1. The summed E-state index contributed by atoms with van der Waals surface area (Å²) in [5.74, 6) is -0.865. The second-order valence-electron chi connectivity index (χ2n) is 4.99. The lowest BCUT2D eigenvalue weighted by molar-refractivity contribution is -0.119. The second-order valence-corrected chi connectivity index (χ2v) is 5.43. The van der Waals surface area contributed by atoms with Gasteiger partial charge in [-0.15, -0.1) is 0 Å². The summed E-state index contributed by atoms with van der Waals surface area (Å²) in [6.45, 7) is 5.57. The molecule has 0 aliphatic carbocycles. The van der Waals surface area contributed by atoms with Gasteiger partial charge in [-0.1, -0.05) is 32.4 Å². The Morgan fingerprint density at radius 1 is 1.41 bits per heavy atom. The smallest absolute Gasteiger partial charge is 0.241 e. The van der Waals surface area contributed by atoms with Crippen LogP contribution in [0, 0.1) is 11.2 Å². The second kappa shape index (κ2) is 5.02. The van der Waals surface area contributed by atoms with Gasteiger partial charge in [0.25, 0.3) is 0 Å². The molecule has 17 heavy (non-hydrogen) atoms. The van der Waals surface area contributed by atoms with E-state index in [0.29, 0.717) is 5.69 Å². The van der Waals surface area contributed by atoms with E-state index in [9.17, 15) is 9.18 Å². The lowest BCUT2D eigenvalue weighted by Crippen LogP contribution is -2.45. The van der Waals surface area contributed by atoms with E-state index in [-0.39, 0.29) is 16.3 Å². The first-order valence-electron chi connectivity index (χ1n) is 5.22. The minimum atomic E-state index is -0.676. The molecule has 3 N–H and O–H groups in total. The quantitative estimate of drug-likeness (QED) is 0.857. The molecule has 94 valence electrons. The van der Waals surface area contributed by atoms with Crippen LogP contribution in [-0.4, -0.2) is 11.9 Å². The van der Waals surface area contributed by atoms with Crippen molar-refractivity contribution in [1.29, 1.82) is 0 Å². The zero-order chi connectivity index (χ0) is 13.2. The molecular weight excluding hydrogens is 243 g/mol. The summed E-state index contributed by atoms with van der Waals surface area (Å²) in [6.07, 6.45) is 0. The van der Waals surface area contributed by atoms with E-state index in [4.69, 9.17) is 17.3 Å². The number of rotatable bonds is 2. The first-order valence-corrected chi connectivity index (χ1v) is 5.60. The van der Waals surface area contributed by atoms with E-state index < -0.39 is 11.9 Å². The SMILES string of the molecule is CC(C)(C)C(N)C(=O)Nc1cc(F)cc(Cl)c1. The van der Waals surface area contributed by atoms with E-state index in [2.05, 4.69) is 5.32 Å². The van der Waals surface area contributed by atoms with E-state index in [1.165, 1.54) is 18.2 Å². The van der Waals surface area contributed by atoms with Crippen LogP contribution < -0.4 is 11.1 Å². The lowest BCUT2D eigenvalue weighted by atomic mass is 9.87. The molecule has 0 fully saturated rings. The van der Waals surface area contributed by atoms with Crippen LogP contribution >= 0.6 is 11.6 Å². The minimum absolute atomic E-state index is 0.227. The van der Waals surface area contributed by atoms with Gasteiger partial charge in [0.1, 0.15) is 5.82 Å². The van der Waals surface area contributed by atoms with Crippen molar-refractivity contribution >= 4 is 23.2 Å². The number of nitrogens with one attached hydrogen (secondary N) is 1. The molecule has 0 saturated carbocycles. The topological polar surface area (TPSA) is 55.1 Å². The van der Waals surface area contributed by atoms with Crippen LogP contribution in [0.3, 0.4) is 0 Å². The Bertz CT molecular complexity index is 409. The van der Waals surface area contributed by atoms with Gasteiger partial charge in [0.15, 0.2) is 0 Å². The number of halogens is 2. The summed E-state index contributed by atoms with van der Waals surface area (Å²) >= 11 is 5.68. The van der Waals surface area contributed by atoms with Gasteiger partial charge in [0.2, 0.25) is 5.91 Å². The molecule has 0 radical (unpaired) electrons. The fourth-order valence-electron chi connectivity index (χ4n) is 1.24. The average Bonchev–Trinajstić information content (AvgIpc) is 2.13. The van der Waals surface area contributed by atoms with Crippen molar-refractivity contribution in [2.24, 2.45) is 11.1 Å². The maximum absolute atomic E-state index is 13.0. The molecule has 0 heterocycles. The number of hydrogen-bond donors (Lipinski definition) is 2. The summed E-state index contributed by atoms with van der Waals surface area (Å²) in [7, 11) is 0. The Balaban J connectivity index is 2.81. The van der Waals surface area contributed by atoms with Gasteiger partial charge in [-0.05, 0) is 23.6 Å². The van der Waals surface area contributed by atoms with E-state index in [1.807, 2.05) is 20.8 Å². The molecule has 0 spiro atoms. The number of amides is 1. The first kappa shape index (κ1) is 13.9. The number of anilines is 1. The Morgan fingerprint density at radius 3 is 2.47 bits per heavy atom. The molecule has 0 bridgehead atoms. The summed E-state index contributed by atoms with van der Waals surface area (Å²) in [5.41, 5.74) is 5.72. The maximum Gasteiger partial charge on any atom is 0.241 e. The third-order valence-corrected chi connectivity index (χ3v) is 2.56. The predicted octanol–water partition coefficient (Wildman–Crippen LogP) is 2.79. The molecule has 0 aliphatic rings. The summed E-state index contributed by atoms with van der Waals surface area (Å²) < 4.78 is 13.0. The van der Waals surface area contributed by atoms with Gasteiger partial charge < -0.3 is 11.1 Å². The molecule has 3 nitrogen and oxygen atoms in total. The highest BCUT2D eigenvalue weighted by molar-refractivity contribution is 6.30. The van der Waals surface area contributed by atoms with Gasteiger partial charge in [-0.25, -0.2) is 4.39 Å². The Morgan fingerprint density at radius 2 is 2.00 bits per heavy atom. The van der Waals surface area contributed by atoms with Crippen LogP contribution in [0.1, 0.15) is 20.8 Å². The molecule has 1 amide bonds. The molecule has 1 aromatic carbocycles. The summed E-state index contributed by atoms with van der Waals surface area (Å²) in [5, 5.41) is 2.77. The van der Waals surface area contributed by atoms with Crippen LogP contribution in [0.4, 0.5) is 10.1 Å². The molecule has 0 aliphatic heterocycles. The Hall–Kier alpha value is -1.13. The normalized spacial score (nSPS) is 13.3. The van der Waals surface area contributed by atoms with Crippen molar-refractivity contribution < 1.29 is 9.18 Å². The third-order valence-electron chi connectivity index (χ3n) is 2.35. The minimum Gasteiger partial charge on any atom is -0.325 e. The van der Waals surface area contributed by atoms with Gasteiger partial charge in [-0.3, -0.25) is 4.79 Å². The molecule has 1 unspecified atom stereocenters. The first-order chi connectivity index (χ1) is 7.70. The van der Waals surface area contributed by atoms with Crippen molar-refractivity contribution in [2.75, 3.05) is 5.32 Å². The third kappa shape index (κ3) is 3.98. The standard InChI is InChI=1S/C12H16ClFN2O/c1-12(2,3)10(15)11(17)16-9-5-7(13)4-8(14)6-9/h4-6,10H,15H2,1-3H3,(H,16,17). The van der Waals surface area contributed by atoms with Gasteiger partial charge in [0.05, 0.1) is 6.04 Å². The largest absolute Gasteiger partial charge is 0.325 e. The average molecular weight is 259 g/mol. The summed E-state index contributed by atoms with van der Waals surface area (Å²) in [4.78, 5) is 11.8. The molecule has 0 aromatic heterocycles. The highest BCUT2D eigenvalue weighted by Gasteiger charge is 2.27. The van der Waals surface area contributed by atoms with E-state index in [1.54, 1.807) is 0 Å². The van der Waals surface area contributed by atoms with Crippen LogP contribution in [-0.2, 0) is 4.79 Å². The van der Waals surface area contributed by atoms with Crippen LogP contribution in [0.25, 0.3) is 0 Å². The highest BCUT2D eigenvalue weighted by Crippen LogP contribution is 2.21. The fraction of sp³-hybridized carbons (Fsp3) is 0.417. The molecule has 0 saturated heterocycles. The van der Waals surface area contributed by atoms with Crippen LogP contribution in [0.2, 0.25) is 5.02 Å². The maximum atomic E-state index is 13.0. The van der Waals surface area contributed by atoms with Crippen molar-refractivity contribution in [3.05, 3.63) is 29.0 Å². The van der Waals surface area contributed by atoms with Crippen molar-refractivity contribution in [2.45, 2.75) is 26.8 Å². The predicted molar refractivity (Wildman–Crippen MR) is 67.5 cm³/mol. The molecule has 5 heteroatoms. The number of benzene rings is 1. The van der Waals surface area contributed by atoms with Gasteiger partial charge in [0, 0.05) is 10.7 Å². The van der Waals surface area contributed by atoms with Crippen molar-refractivity contribution in [1.82, 2.24) is 0 Å². The highest BCUT2D eigenvalue weighted by atomic mass is 35.5. The van der Waals surface area contributed by atoms with Crippen LogP contribution in [0.15, 0.2) is 18.2 Å². The van der Waals surface area contributed by atoms with Crippen LogP contribution in [0.5, 0.6) is 0 Å². The van der Waals surface area contributed by atoms with E-state index in [0.717, 1.165) is 0 Å². The molecule has 1 aromatic rings. The number of carbonyl (C=O) groups is 1. The Labute approximate surface area is 105 Å². The van der Waals surface area contributed by atoms with Gasteiger partial charge in [-0.2, -0.15) is 0 Å². The molecular formula is C12H16ClFN2O. The summed E-state index contributed by atoms with van der Waals surface area (Å²) in [6, 6.07) is 3.15. The number of hydrogen-bond acceptors (Lipinski definition) is 2. The number of nitrogens with two attached hydrogens (primary N) is 1. The van der Waals surface area contributed by atoms with E-state index >= 15 is 0 Å². The Kier molecular flexibility index (Phi) is 4.11. The fourth-order valence-corrected chi connectivity index (χ4v) is 1.46. The molecule has 1 rings (SSSR count). The van der Waals surface area contributed by atoms with Gasteiger partial charge >= 0.3 is 0 Å². The van der Waals surface area contributed by atoms with Crippen molar-refractivity contribution in [3.63, 3.8) is 0 Å². The zero-order valence-electron chi connectivity index (χ0n) is 10.1. The van der Waals surface area contributed by atoms with Crippen molar-refractivity contribution in [3.8, 4) is 0 Å². The molecule has 1 atom stereocenters. The zero-order valence-corrected chi connectivity index (χ0v) is 10.8. The lowest BCUT2D eigenvalue weighted by Gasteiger charge is -2.25. The monoisotopic (exact) mass is 258 g/mol.